The number of aromatic carboxylic acids is 1. The molecule has 200 valence electrons. The van der Waals surface area contributed by atoms with Crippen molar-refractivity contribution in [3.8, 4) is 11.3 Å². The van der Waals surface area contributed by atoms with Gasteiger partial charge in [-0.2, -0.15) is 5.10 Å². The molecule has 4 heterocycles. The number of fused-ring (bicyclic) bond motifs is 2. The Hall–Kier alpha value is -3.81. The molecule has 2 N–H and O–H groups in total. The lowest BCUT2D eigenvalue weighted by atomic mass is 9.87. The van der Waals surface area contributed by atoms with Crippen LogP contribution in [-0.4, -0.2) is 55.4 Å². The van der Waals surface area contributed by atoms with Gasteiger partial charge in [0.05, 0.1) is 17.4 Å². The first kappa shape index (κ1) is 25.8. The quantitative estimate of drug-likeness (QED) is 0.313. The molecule has 1 aliphatic heterocycles. The fourth-order valence-electron chi connectivity index (χ4n) is 5.60. The number of likely N-dealkylation sites (tertiary alicyclic amines) is 1. The van der Waals surface area contributed by atoms with Crippen molar-refractivity contribution in [1.82, 2.24) is 19.5 Å². The Balaban J connectivity index is 1.48. The molecule has 8 heteroatoms. The second-order valence-electron chi connectivity index (χ2n) is 11.7. The van der Waals surface area contributed by atoms with Crippen molar-refractivity contribution in [2.24, 2.45) is 0 Å². The summed E-state index contributed by atoms with van der Waals surface area (Å²) in [6.45, 7) is 13.4. The molecule has 3 aromatic heterocycles. The number of ether oxygens (including phenoxy) is 1. The summed E-state index contributed by atoms with van der Waals surface area (Å²) in [6.07, 6.45) is 2.96. The van der Waals surface area contributed by atoms with Crippen LogP contribution in [0.4, 0.5) is 4.79 Å². The highest BCUT2D eigenvalue weighted by atomic mass is 16.6. The highest BCUT2D eigenvalue weighted by molar-refractivity contribution is 5.97. The molecule has 5 rings (SSSR count). The molecule has 1 amide bonds. The van der Waals surface area contributed by atoms with Crippen molar-refractivity contribution >= 4 is 28.5 Å². The highest BCUT2D eigenvalue weighted by Crippen LogP contribution is 2.39. The molecule has 0 radical (unpaired) electrons. The molecule has 1 aromatic carbocycles. The Morgan fingerprint density at radius 3 is 2.47 bits per heavy atom. The topological polar surface area (TPSA) is 99.9 Å². The highest BCUT2D eigenvalue weighted by Gasteiger charge is 2.28. The minimum atomic E-state index is -0.986. The third-order valence-corrected chi connectivity index (χ3v) is 7.37. The number of piperidine rings is 1. The zero-order valence-electron chi connectivity index (χ0n) is 23.0. The second-order valence-corrected chi connectivity index (χ2v) is 11.7. The number of carboxylic acids is 1. The smallest absolute Gasteiger partial charge is 0.410 e. The Morgan fingerprint density at radius 2 is 1.84 bits per heavy atom. The number of nitrogens with zero attached hydrogens (tertiary/aromatic N) is 3. The third-order valence-electron chi connectivity index (χ3n) is 7.37. The maximum atomic E-state index is 12.5. The van der Waals surface area contributed by atoms with Crippen LogP contribution in [-0.2, 0) is 4.74 Å². The number of hydrogen-bond acceptors (Lipinski definition) is 4. The van der Waals surface area contributed by atoms with Crippen molar-refractivity contribution in [1.29, 1.82) is 0 Å². The number of rotatable bonds is 4. The van der Waals surface area contributed by atoms with E-state index in [-0.39, 0.29) is 17.6 Å². The Labute approximate surface area is 222 Å². The van der Waals surface area contributed by atoms with E-state index in [0.717, 1.165) is 35.3 Å². The minimum Gasteiger partial charge on any atom is -0.478 e. The number of nitrogens with one attached hydrogen (secondary N) is 1. The number of aromatic amines is 1. The molecule has 0 unspecified atom stereocenters. The van der Waals surface area contributed by atoms with Crippen LogP contribution in [0.2, 0.25) is 0 Å². The van der Waals surface area contributed by atoms with E-state index in [1.165, 1.54) is 22.7 Å². The zero-order valence-corrected chi connectivity index (χ0v) is 23.0. The van der Waals surface area contributed by atoms with Crippen LogP contribution in [0.5, 0.6) is 0 Å². The second kappa shape index (κ2) is 9.49. The van der Waals surface area contributed by atoms with Crippen molar-refractivity contribution in [2.75, 3.05) is 13.1 Å². The van der Waals surface area contributed by atoms with Crippen molar-refractivity contribution < 1.29 is 19.4 Å². The summed E-state index contributed by atoms with van der Waals surface area (Å²) in [5.74, 6) is -0.358. The van der Waals surface area contributed by atoms with Crippen LogP contribution in [0.3, 0.4) is 0 Å². The first-order valence-corrected chi connectivity index (χ1v) is 13.3. The van der Waals surface area contributed by atoms with Gasteiger partial charge in [-0.3, -0.25) is 0 Å². The minimum absolute atomic E-state index is 0.192. The summed E-state index contributed by atoms with van der Waals surface area (Å²) in [6, 6.07) is 10.6. The number of benzene rings is 1. The maximum absolute atomic E-state index is 12.5. The van der Waals surface area contributed by atoms with Crippen LogP contribution < -0.4 is 0 Å². The van der Waals surface area contributed by atoms with Gasteiger partial charge in [0, 0.05) is 35.2 Å². The van der Waals surface area contributed by atoms with Gasteiger partial charge in [-0.1, -0.05) is 19.9 Å². The van der Waals surface area contributed by atoms with Gasteiger partial charge < -0.3 is 19.7 Å². The van der Waals surface area contributed by atoms with Crippen LogP contribution in [0.25, 0.3) is 27.7 Å². The lowest BCUT2D eigenvalue weighted by molar-refractivity contribution is 0.0204. The van der Waals surface area contributed by atoms with Gasteiger partial charge >= 0.3 is 12.1 Å². The SMILES string of the molecule is Cc1cc(-c2[nH]c3ccc(C4CCN(C(=O)OC(C)(C)C)CC4)cc3c2C(C)C)cc2c(C(=O)O)cnn12. The van der Waals surface area contributed by atoms with Gasteiger partial charge in [0.15, 0.2) is 0 Å². The standard InChI is InChI=1S/C30H36N4O4/c1-17(2)26-22-14-20(19-9-11-33(12-10-19)29(37)38-30(4,5)6)7-8-24(22)32-27(26)21-13-18(3)34-25(15-21)23(16-31-34)28(35)36/h7-8,13-17,19,32H,9-12H2,1-6H3,(H,35,36). The van der Waals surface area contributed by atoms with E-state index in [1.807, 2.05) is 38.7 Å². The average molecular weight is 517 g/mol. The van der Waals surface area contributed by atoms with E-state index >= 15 is 0 Å². The normalized spacial score (nSPS) is 15.1. The Morgan fingerprint density at radius 1 is 1.13 bits per heavy atom. The van der Waals surface area contributed by atoms with E-state index in [2.05, 4.69) is 48.2 Å². The van der Waals surface area contributed by atoms with Crippen LogP contribution >= 0.6 is 0 Å². The van der Waals surface area contributed by atoms with Gasteiger partial charge in [-0.15, -0.1) is 0 Å². The number of amides is 1. The van der Waals surface area contributed by atoms with Crippen LogP contribution in [0.1, 0.15) is 86.5 Å². The van der Waals surface area contributed by atoms with Crippen LogP contribution in [0.15, 0.2) is 36.5 Å². The summed E-state index contributed by atoms with van der Waals surface area (Å²) in [5, 5.41) is 15.1. The third kappa shape index (κ3) is 4.75. The van der Waals surface area contributed by atoms with Gasteiger partial charge in [0.1, 0.15) is 11.2 Å². The first-order chi connectivity index (χ1) is 17.9. The monoisotopic (exact) mass is 516 g/mol. The summed E-state index contributed by atoms with van der Waals surface area (Å²) in [5.41, 5.74) is 6.67. The van der Waals surface area contributed by atoms with Gasteiger partial charge in [-0.25, -0.2) is 14.1 Å². The Bertz CT molecular complexity index is 1530. The molecule has 0 atom stereocenters. The fourth-order valence-corrected chi connectivity index (χ4v) is 5.60. The molecule has 1 saturated heterocycles. The van der Waals surface area contributed by atoms with Crippen molar-refractivity contribution in [2.45, 2.75) is 71.8 Å². The molecular formula is C30H36N4O4. The van der Waals surface area contributed by atoms with Crippen molar-refractivity contribution in [3.63, 3.8) is 0 Å². The van der Waals surface area contributed by atoms with Gasteiger partial charge in [0.25, 0.3) is 0 Å². The van der Waals surface area contributed by atoms with E-state index in [9.17, 15) is 14.7 Å². The van der Waals surface area contributed by atoms with Crippen LogP contribution in [0, 0.1) is 6.92 Å². The molecule has 38 heavy (non-hydrogen) atoms. The molecule has 0 spiro atoms. The predicted octanol–water partition coefficient (Wildman–Crippen LogP) is 6.73. The summed E-state index contributed by atoms with van der Waals surface area (Å²) in [7, 11) is 0. The predicted molar refractivity (Wildman–Crippen MR) is 148 cm³/mol. The van der Waals surface area contributed by atoms with E-state index in [0.29, 0.717) is 24.5 Å². The number of H-pyrrole nitrogens is 1. The lowest BCUT2D eigenvalue weighted by Gasteiger charge is -2.33. The molecule has 1 fully saturated rings. The maximum Gasteiger partial charge on any atom is 0.410 e. The first-order valence-electron chi connectivity index (χ1n) is 13.3. The summed E-state index contributed by atoms with van der Waals surface area (Å²) >= 11 is 0. The van der Waals surface area contributed by atoms with Gasteiger partial charge in [-0.05, 0) is 87.8 Å². The number of carboxylic acid groups (broad SMARTS) is 1. The van der Waals surface area contributed by atoms with E-state index < -0.39 is 11.6 Å². The number of carbonyl (C=O) groups is 2. The largest absolute Gasteiger partial charge is 0.478 e. The number of aryl methyl sites for hydroxylation is 1. The van der Waals surface area contributed by atoms with Crippen molar-refractivity contribution in [3.05, 3.63) is 58.9 Å². The van der Waals surface area contributed by atoms with E-state index in [1.54, 1.807) is 4.52 Å². The average Bonchev–Trinajstić information content (AvgIpc) is 3.45. The summed E-state index contributed by atoms with van der Waals surface area (Å²) in [4.78, 5) is 29.7. The number of pyridine rings is 1. The zero-order chi connectivity index (χ0) is 27.4. The Kier molecular flexibility index (Phi) is 6.45. The number of aromatic nitrogens is 3. The molecule has 0 saturated carbocycles. The van der Waals surface area contributed by atoms with E-state index in [4.69, 9.17) is 4.74 Å². The molecule has 1 aliphatic rings. The molecular weight excluding hydrogens is 480 g/mol. The lowest BCUT2D eigenvalue weighted by Crippen LogP contribution is -2.41. The number of carbonyl (C=O) groups excluding carboxylic acids is 1. The fraction of sp³-hybridized carbons (Fsp3) is 0.433. The molecule has 4 aromatic rings. The van der Waals surface area contributed by atoms with Gasteiger partial charge in [0.2, 0.25) is 0 Å². The molecule has 8 nitrogen and oxygen atoms in total. The summed E-state index contributed by atoms with van der Waals surface area (Å²) < 4.78 is 7.23. The number of hydrogen-bond donors (Lipinski definition) is 2. The molecule has 0 aliphatic carbocycles. The molecule has 0 bridgehead atoms.